The topological polar surface area (TPSA) is 59.6 Å². The second-order valence-corrected chi connectivity index (χ2v) is 6.64. The van der Waals surface area contributed by atoms with Gasteiger partial charge in [0.25, 0.3) is 0 Å². The Morgan fingerprint density at radius 2 is 1.96 bits per heavy atom. The third-order valence-corrected chi connectivity index (χ3v) is 5.00. The third kappa shape index (κ3) is 4.04. The van der Waals surface area contributed by atoms with Gasteiger partial charge in [0.1, 0.15) is 6.04 Å². The van der Waals surface area contributed by atoms with E-state index in [0.717, 1.165) is 17.9 Å². The zero-order valence-electron chi connectivity index (χ0n) is 13.1. The molecule has 1 amide bonds. The molecule has 2 aliphatic rings. The SMILES string of the molecule is O=C(NCC1(c2ccc(Cl)cc2)CCOCC1)C1COCCN1. The molecule has 2 saturated heterocycles. The van der Waals surface area contributed by atoms with E-state index in [-0.39, 0.29) is 17.4 Å². The number of ether oxygens (including phenoxy) is 2. The van der Waals surface area contributed by atoms with Crippen molar-refractivity contribution >= 4 is 17.5 Å². The highest BCUT2D eigenvalue weighted by atomic mass is 35.5. The van der Waals surface area contributed by atoms with Crippen LogP contribution < -0.4 is 10.6 Å². The van der Waals surface area contributed by atoms with Crippen molar-refractivity contribution < 1.29 is 14.3 Å². The Bertz CT molecular complexity index is 523. The Labute approximate surface area is 141 Å². The summed E-state index contributed by atoms with van der Waals surface area (Å²) in [5.41, 5.74) is 1.12. The van der Waals surface area contributed by atoms with Crippen molar-refractivity contribution in [2.75, 3.05) is 39.5 Å². The number of amides is 1. The van der Waals surface area contributed by atoms with Gasteiger partial charge in [0.2, 0.25) is 5.91 Å². The van der Waals surface area contributed by atoms with Crippen molar-refractivity contribution in [1.29, 1.82) is 0 Å². The molecule has 1 unspecified atom stereocenters. The van der Waals surface area contributed by atoms with E-state index in [1.165, 1.54) is 5.56 Å². The molecular formula is C17H23ClN2O3. The van der Waals surface area contributed by atoms with E-state index in [4.69, 9.17) is 21.1 Å². The number of carbonyl (C=O) groups is 1. The average Bonchev–Trinajstić information content (AvgIpc) is 2.62. The average molecular weight is 339 g/mol. The summed E-state index contributed by atoms with van der Waals surface area (Å²) in [6, 6.07) is 7.67. The summed E-state index contributed by atoms with van der Waals surface area (Å²) in [7, 11) is 0. The normalized spacial score (nSPS) is 24.1. The number of morpholine rings is 1. The minimum atomic E-state index is -0.258. The molecule has 6 heteroatoms. The minimum absolute atomic E-state index is 0.00419. The lowest BCUT2D eigenvalue weighted by Crippen LogP contribution is -2.54. The number of hydrogen-bond acceptors (Lipinski definition) is 4. The Hall–Kier alpha value is -1.14. The van der Waals surface area contributed by atoms with Gasteiger partial charge in [-0.15, -0.1) is 0 Å². The second-order valence-electron chi connectivity index (χ2n) is 6.20. The highest BCUT2D eigenvalue weighted by Crippen LogP contribution is 2.34. The number of hydrogen-bond donors (Lipinski definition) is 2. The molecule has 1 aromatic rings. The molecule has 0 saturated carbocycles. The summed E-state index contributed by atoms with van der Waals surface area (Å²) in [5, 5.41) is 7.02. The molecule has 1 atom stereocenters. The van der Waals surface area contributed by atoms with E-state index < -0.39 is 0 Å². The van der Waals surface area contributed by atoms with Gasteiger partial charge in [-0.2, -0.15) is 0 Å². The lowest BCUT2D eigenvalue weighted by atomic mass is 9.74. The van der Waals surface area contributed by atoms with E-state index in [9.17, 15) is 4.79 Å². The molecule has 5 nitrogen and oxygen atoms in total. The zero-order valence-corrected chi connectivity index (χ0v) is 13.9. The first kappa shape index (κ1) is 16.7. The first-order chi connectivity index (χ1) is 11.2. The number of nitrogens with one attached hydrogen (secondary N) is 2. The van der Waals surface area contributed by atoms with Gasteiger partial charge in [0, 0.05) is 36.7 Å². The lowest BCUT2D eigenvalue weighted by molar-refractivity contribution is -0.126. The Morgan fingerprint density at radius 3 is 2.61 bits per heavy atom. The molecule has 126 valence electrons. The number of carbonyl (C=O) groups excluding carboxylic acids is 1. The van der Waals surface area contributed by atoms with Crippen molar-refractivity contribution in [3.05, 3.63) is 34.9 Å². The molecule has 2 aliphatic heterocycles. The summed E-state index contributed by atoms with van der Waals surface area (Å²) in [6.45, 7) is 3.84. The zero-order chi connectivity index (χ0) is 16.1. The maximum atomic E-state index is 12.4. The molecule has 0 aromatic heterocycles. The van der Waals surface area contributed by atoms with Crippen molar-refractivity contribution in [1.82, 2.24) is 10.6 Å². The van der Waals surface area contributed by atoms with Crippen LogP contribution in [0.3, 0.4) is 0 Å². The van der Waals surface area contributed by atoms with E-state index >= 15 is 0 Å². The molecule has 0 aliphatic carbocycles. The van der Waals surface area contributed by atoms with Gasteiger partial charge in [-0.05, 0) is 30.5 Å². The van der Waals surface area contributed by atoms with Gasteiger partial charge >= 0.3 is 0 Å². The summed E-state index contributed by atoms with van der Waals surface area (Å²) in [4.78, 5) is 12.4. The summed E-state index contributed by atoms with van der Waals surface area (Å²) < 4.78 is 10.9. The van der Waals surface area contributed by atoms with Gasteiger partial charge in [-0.3, -0.25) is 4.79 Å². The van der Waals surface area contributed by atoms with Crippen LogP contribution in [0.2, 0.25) is 5.02 Å². The standard InChI is InChI=1S/C17H23ClN2O3/c18-14-3-1-13(2-4-14)17(5-8-22-9-6-17)12-20-16(21)15-11-23-10-7-19-15/h1-4,15,19H,5-12H2,(H,20,21). The molecule has 2 N–H and O–H groups in total. The first-order valence-corrected chi connectivity index (χ1v) is 8.50. The predicted molar refractivity (Wildman–Crippen MR) is 88.8 cm³/mol. The minimum Gasteiger partial charge on any atom is -0.381 e. The van der Waals surface area contributed by atoms with Crippen LogP contribution in [0.15, 0.2) is 24.3 Å². The number of benzene rings is 1. The maximum Gasteiger partial charge on any atom is 0.239 e. The molecule has 0 spiro atoms. The molecule has 2 heterocycles. The summed E-state index contributed by atoms with van der Waals surface area (Å²) in [5.74, 6) is 0.00419. The fraction of sp³-hybridized carbons (Fsp3) is 0.588. The van der Waals surface area contributed by atoms with Gasteiger partial charge in [0.05, 0.1) is 13.2 Å². The smallest absolute Gasteiger partial charge is 0.239 e. The Balaban J connectivity index is 1.69. The van der Waals surface area contributed by atoms with Crippen LogP contribution in [0, 0.1) is 0 Å². The summed E-state index contributed by atoms with van der Waals surface area (Å²) >= 11 is 6.01. The van der Waals surface area contributed by atoms with Crippen molar-refractivity contribution in [2.24, 2.45) is 0 Å². The highest BCUT2D eigenvalue weighted by molar-refractivity contribution is 6.30. The van der Waals surface area contributed by atoms with E-state index in [0.29, 0.717) is 39.5 Å². The molecule has 23 heavy (non-hydrogen) atoms. The molecular weight excluding hydrogens is 316 g/mol. The fourth-order valence-corrected chi connectivity index (χ4v) is 3.37. The molecule has 0 radical (unpaired) electrons. The van der Waals surface area contributed by atoms with Crippen molar-refractivity contribution in [2.45, 2.75) is 24.3 Å². The second kappa shape index (κ2) is 7.62. The monoisotopic (exact) mass is 338 g/mol. The van der Waals surface area contributed by atoms with Gasteiger partial charge in [0.15, 0.2) is 0 Å². The van der Waals surface area contributed by atoms with Gasteiger partial charge in [-0.1, -0.05) is 23.7 Å². The fourth-order valence-electron chi connectivity index (χ4n) is 3.25. The summed E-state index contributed by atoms with van der Waals surface area (Å²) in [6.07, 6.45) is 1.78. The lowest BCUT2D eigenvalue weighted by Gasteiger charge is -2.38. The van der Waals surface area contributed by atoms with Gasteiger partial charge in [-0.25, -0.2) is 0 Å². The number of rotatable bonds is 4. The predicted octanol–water partition coefficient (Wildman–Crippen LogP) is 1.49. The van der Waals surface area contributed by atoms with Crippen LogP contribution in [0.5, 0.6) is 0 Å². The van der Waals surface area contributed by atoms with E-state index in [1.54, 1.807) is 0 Å². The largest absolute Gasteiger partial charge is 0.381 e. The van der Waals surface area contributed by atoms with Crippen molar-refractivity contribution in [3.63, 3.8) is 0 Å². The molecule has 3 rings (SSSR count). The first-order valence-electron chi connectivity index (χ1n) is 8.12. The molecule has 2 fully saturated rings. The van der Waals surface area contributed by atoms with E-state index in [2.05, 4.69) is 22.8 Å². The van der Waals surface area contributed by atoms with Crippen molar-refractivity contribution in [3.8, 4) is 0 Å². The van der Waals surface area contributed by atoms with Crippen LogP contribution in [-0.2, 0) is 19.7 Å². The quantitative estimate of drug-likeness (QED) is 0.873. The number of halogens is 1. The Kier molecular flexibility index (Phi) is 5.54. The Morgan fingerprint density at radius 1 is 1.22 bits per heavy atom. The van der Waals surface area contributed by atoms with Crippen LogP contribution >= 0.6 is 11.6 Å². The van der Waals surface area contributed by atoms with Gasteiger partial charge < -0.3 is 20.1 Å². The molecule has 0 bridgehead atoms. The maximum absolute atomic E-state index is 12.4. The van der Waals surface area contributed by atoms with Crippen LogP contribution in [0.4, 0.5) is 0 Å². The van der Waals surface area contributed by atoms with Crippen LogP contribution in [0.1, 0.15) is 18.4 Å². The van der Waals surface area contributed by atoms with Crippen LogP contribution in [-0.4, -0.2) is 51.5 Å². The van der Waals surface area contributed by atoms with Crippen LogP contribution in [0.25, 0.3) is 0 Å². The highest BCUT2D eigenvalue weighted by Gasteiger charge is 2.35. The third-order valence-electron chi connectivity index (χ3n) is 4.75. The van der Waals surface area contributed by atoms with E-state index in [1.807, 2.05) is 12.1 Å². The molecule has 1 aromatic carbocycles.